The third kappa shape index (κ3) is 4.20. The van der Waals surface area contributed by atoms with Gasteiger partial charge in [-0.15, -0.1) is 0 Å². The molecule has 4 nitrogen and oxygen atoms in total. The molecule has 140 valence electrons. The maximum Gasteiger partial charge on any atom is 0.416 e. The average molecular weight is 395 g/mol. The van der Waals surface area contributed by atoms with Crippen LogP contribution in [0.3, 0.4) is 0 Å². The van der Waals surface area contributed by atoms with Crippen LogP contribution in [0, 0.1) is 0 Å². The molecule has 0 amide bonds. The molecule has 0 aliphatic rings. The molecular weight excluding hydrogens is 381 g/mol. The molecule has 3 rings (SSSR count). The fourth-order valence-electron chi connectivity index (χ4n) is 2.53. The molecular formula is C19H14ClF3N2O2. The lowest BCUT2D eigenvalue weighted by Crippen LogP contribution is -2.13. The summed E-state index contributed by atoms with van der Waals surface area (Å²) >= 11 is 5.88. The van der Waals surface area contributed by atoms with Gasteiger partial charge in [0, 0.05) is 29.5 Å². The molecule has 0 bridgehead atoms. The highest BCUT2D eigenvalue weighted by molar-refractivity contribution is 6.30. The van der Waals surface area contributed by atoms with Gasteiger partial charge in [0.05, 0.1) is 11.3 Å². The molecule has 0 spiro atoms. The van der Waals surface area contributed by atoms with Gasteiger partial charge in [0.1, 0.15) is 6.73 Å². The minimum atomic E-state index is -4.46. The molecule has 1 heterocycles. The first-order valence-electron chi connectivity index (χ1n) is 7.83. The van der Waals surface area contributed by atoms with E-state index in [1.807, 2.05) is 0 Å². The first-order chi connectivity index (χ1) is 12.8. The summed E-state index contributed by atoms with van der Waals surface area (Å²) in [4.78, 5) is 17.1. The van der Waals surface area contributed by atoms with Gasteiger partial charge < -0.3 is 9.30 Å². The lowest BCUT2D eigenvalue weighted by molar-refractivity contribution is -0.137. The Morgan fingerprint density at radius 1 is 1.11 bits per heavy atom. The first-order valence-corrected chi connectivity index (χ1v) is 8.21. The van der Waals surface area contributed by atoms with Gasteiger partial charge in [-0.3, -0.25) is 4.79 Å². The van der Waals surface area contributed by atoms with Crippen LogP contribution in [0.25, 0.3) is 11.3 Å². The van der Waals surface area contributed by atoms with Gasteiger partial charge in [-0.05, 0) is 24.3 Å². The van der Waals surface area contributed by atoms with Crippen molar-refractivity contribution in [3.8, 4) is 11.3 Å². The van der Waals surface area contributed by atoms with Crippen molar-refractivity contribution < 1.29 is 22.7 Å². The second-order valence-electron chi connectivity index (χ2n) is 5.75. The summed E-state index contributed by atoms with van der Waals surface area (Å²) in [6.45, 7) is 0.0717. The zero-order chi connectivity index (χ0) is 19.6. The molecule has 0 fully saturated rings. The van der Waals surface area contributed by atoms with E-state index < -0.39 is 17.5 Å². The molecule has 0 saturated heterocycles. The monoisotopic (exact) mass is 394 g/mol. The molecule has 0 unspecified atom stereocenters. The number of methoxy groups -OCH3 is 1. The number of hydrogen-bond acceptors (Lipinski definition) is 3. The van der Waals surface area contributed by atoms with Crippen LogP contribution in [0.1, 0.15) is 21.7 Å². The molecule has 0 aliphatic heterocycles. The number of imidazole rings is 1. The van der Waals surface area contributed by atoms with E-state index in [1.165, 1.54) is 11.7 Å². The van der Waals surface area contributed by atoms with E-state index in [0.29, 0.717) is 10.7 Å². The summed E-state index contributed by atoms with van der Waals surface area (Å²) in [5, 5.41) is 0.566. The predicted molar refractivity (Wildman–Crippen MR) is 94.6 cm³/mol. The Hall–Kier alpha value is -2.64. The molecule has 3 aromatic rings. The van der Waals surface area contributed by atoms with Crippen LogP contribution in [-0.2, 0) is 17.6 Å². The van der Waals surface area contributed by atoms with Crippen molar-refractivity contribution in [1.29, 1.82) is 0 Å². The number of ether oxygens (including phenoxy) is 1. The van der Waals surface area contributed by atoms with Crippen LogP contribution < -0.4 is 0 Å². The summed E-state index contributed by atoms with van der Waals surface area (Å²) in [5.74, 6) is -0.428. The van der Waals surface area contributed by atoms with E-state index in [1.54, 1.807) is 30.5 Å². The SMILES string of the molecule is COCn1cc(-c2ccc(Cl)cc2)nc1C(=O)c1ccc(C(F)(F)F)cc1. The fraction of sp³-hybridized carbons (Fsp3) is 0.158. The fourth-order valence-corrected chi connectivity index (χ4v) is 2.66. The van der Waals surface area contributed by atoms with Crippen molar-refractivity contribution in [1.82, 2.24) is 9.55 Å². The summed E-state index contributed by atoms with van der Waals surface area (Å²) in [7, 11) is 1.47. The number of halogens is 4. The van der Waals surface area contributed by atoms with Gasteiger partial charge in [-0.25, -0.2) is 4.98 Å². The van der Waals surface area contributed by atoms with Crippen LogP contribution >= 0.6 is 11.6 Å². The number of carbonyl (C=O) groups excluding carboxylic acids is 1. The highest BCUT2D eigenvalue weighted by atomic mass is 35.5. The molecule has 8 heteroatoms. The lowest BCUT2D eigenvalue weighted by atomic mass is 10.1. The number of nitrogens with zero attached hydrogens (tertiary/aromatic N) is 2. The van der Waals surface area contributed by atoms with Crippen molar-refractivity contribution in [2.45, 2.75) is 12.9 Å². The summed E-state index contributed by atoms with van der Waals surface area (Å²) in [6, 6.07) is 10.9. The zero-order valence-corrected chi connectivity index (χ0v) is 14.9. The van der Waals surface area contributed by atoms with Gasteiger partial charge in [-0.1, -0.05) is 35.9 Å². The predicted octanol–water partition coefficient (Wildman–Crippen LogP) is 5.06. The Morgan fingerprint density at radius 2 is 1.74 bits per heavy atom. The molecule has 1 aromatic heterocycles. The van der Waals surface area contributed by atoms with Crippen molar-refractivity contribution in [2.24, 2.45) is 0 Å². The van der Waals surface area contributed by atoms with E-state index in [0.717, 1.165) is 29.8 Å². The van der Waals surface area contributed by atoms with Gasteiger partial charge in [-0.2, -0.15) is 13.2 Å². The third-order valence-corrected chi connectivity index (χ3v) is 4.11. The number of aromatic nitrogens is 2. The number of rotatable bonds is 5. The number of carbonyl (C=O) groups is 1. The molecule has 0 saturated carbocycles. The molecule has 0 N–H and O–H groups in total. The smallest absolute Gasteiger partial charge is 0.364 e. The van der Waals surface area contributed by atoms with E-state index in [9.17, 15) is 18.0 Å². The quantitative estimate of drug-likeness (QED) is 0.568. The Labute approximate surface area is 158 Å². The van der Waals surface area contributed by atoms with Crippen LogP contribution in [0.2, 0.25) is 5.02 Å². The number of hydrogen-bond donors (Lipinski definition) is 0. The zero-order valence-electron chi connectivity index (χ0n) is 14.1. The van der Waals surface area contributed by atoms with Crippen molar-refractivity contribution in [3.05, 3.63) is 76.7 Å². The minimum absolute atomic E-state index is 0.0709. The lowest BCUT2D eigenvalue weighted by Gasteiger charge is -2.08. The largest absolute Gasteiger partial charge is 0.416 e. The van der Waals surface area contributed by atoms with Gasteiger partial charge in [0.15, 0.2) is 5.82 Å². The Bertz CT molecular complexity index is 949. The second-order valence-corrected chi connectivity index (χ2v) is 6.18. The number of alkyl halides is 3. The second kappa shape index (κ2) is 7.54. The van der Waals surface area contributed by atoms with Crippen molar-refractivity contribution >= 4 is 17.4 Å². The highest BCUT2D eigenvalue weighted by Gasteiger charge is 2.30. The maximum absolute atomic E-state index is 12.8. The number of ketones is 1. The van der Waals surface area contributed by atoms with Gasteiger partial charge in [0.2, 0.25) is 5.78 Å². The minimum Gasteiger partial charge on any atom is -0.364 e. The summed E-state index contributed by atoms with van der Waals surface area (Å²) in [5.41, 5.74) is 0.560. The third-order valence-electron chi connectivity index (χ3n) is 3.86. The standard InChI is InChI=1S/C19H14ClF3N2O2/c1-27-11-25-10-16(12-4-8-15(20)9-5-12)24-18(25)17(26)13-2-6-14(7-3-13)19(21,22)23/h2-10H,11H2,1H3. The maximum atomic E-state index is 12.8. The average Bonchev–Trinajstić information content (AvgIpc) is 3.05. The molecule has 2 aromatic carbocycles. The van der Waals surface area contributed by atoms with E-state index in [2.05, 4.69) is 4.98 Å². The van der Waals surface area contributed by atoms with Crippen molar-refractivity contribution in [2.75, 3.05) is 7.11 Å². The Morgan fingerprint density at radius 3 is 2.30 bits per heavy atom. The summed E-state index contributed by atoms with van der Waals surface area (Å²) < 4.78 is 44.7. The van der Waals surface area contributed by atoms with E-state index >= 15 is 0 Å². The first kappa shape index (κ1) is 19.1. The molecule has 0 aliphatic carbocycles. The summed E-state index contributed by atoms with van der Waals surface area (Å²) in [6.07, 6.45) is -2.82. The molecule has 0 radical (unpaired) electrons. The van der Waals surface area contributed by atoms with Gasteiger partial charge >= 0.3 is 6.18 Å². The van der Waals surface area contributed by atoms with Crippen molar-refractivity contribution in [3.63, 3.8) is 0 Å². The van der Waals surface area contributed by atoms with E-state index in [-0.39, 0.29) is 18.1 Å². The Balaban J connectivity index is 1.97. The number of benzene rings is 2. The van der Waals surface area contributed by atoms with Gasteiger partial charge in [0.25, 0.3) is 0 Å². The highest BCUT2D eigenvalue weighted by Crippen LogP contribution is 2.29. The van der Waals surface area contributed by atoms with Crippen LogP contribution in [0.4, 0.5) is 13.2 Å². The molecule has 0 atom stereocenters. The van der Waals surface area contributed by atoms with Crippen LogP contribution in [-0.4, -0.2) is 22.4 Å². The normalized spacial score (nSPS) is 11.6. The van der Waals surface area contributed by atoms with E-state index in [4.69, 9.17) is 16.3 Å². The van der Waals surface area contributed by atoms with Crippen LogP contribution in [0.5, 0.6) is 0 Å². The Kier molecular flexibility index (Phi) is 5.34. The van der Waals surface area contributed by atoms with Crippen LogP contribution in [0.15, 0.2) is 54.7 Å². The molecule has 27 heavy (non-hydrogen) atoms. The topological polar surface area (TPSA) is 44.1 Å².